The number of hydrogen-bond donors (Lipinski definition) is 2. The standard InChI is InChI=1S/C22H23N3O3/c1-2-12-25-13-18-19(21(25)26)20(24-22(27)23-18)16-8-10-17(11-9-16)28-14-15-6-4-3-5-7-15/h3-11,20H,2,12-14H2,1H3,(H2,23,24,27)/t20-/m1/s1. The highest BCUT2D eigenvalue weighted by atomic mass is 16.5. The van der Waals surface area contributed by atoms with E-state index in [1.165, 1.54) is 0 Å². The van der Waals surface area contributed by atoms with E-state index in [0.717, 1.165) is 23.3 Å². The first-order chi connectivity index (χ1) is 13.7. The number of urea groups is 1. The first kappa shape index (κ1) is 18.1. The maximum Gasteiger partial charge on any atom is 0.319 e. The molecule has 2 aromatic carbocycles. The lowest BCUT2D eigenvalue weighted by Crippen LogP contribution is -2.44. The number of ether oxygens (including phenoxy) is 1. The van der Waals surface area contributed by atoms with Crippen LogP contribution in [0.15, 0.2) is 65.9 Å². The zero-order chi connectivity index (χ0) is 19.5. The molecule has 28 heavy (non-hydrogen) atoms. The lowest BCUT2D eigenvalue weighted by Gasteiger charge is -2.25. The second-order valence-corrected chi connectivity index (χ2v) is 6.99. The van der Waals surface area contributed by atoms with Crippen molar-refractivity contribution >= 4 is 11.9 Å². The molecular weight excluding hydrogens is 354 g/mol. The predicted molar refractivity (Wildman–Crippen MR) is 106 cm³/mol. The molecule has 0 saturated carbocycles. The number of hydrogen-bond acceptors (Lipinski definition) is 3. The van der Waals surface area contributed by atoms with Crippen LogP contribution in [-0.4, -0.2) is 29.9 Å². The first-order valence-electron chi connectivity index (χ1n) is 9.52. The van der Waals surface area contributed by atoms with Crippen molar-refractivity contribution in [3.05, 3.63) is 77.0 Å². The number of amides is 3. The van der Waals surface area contributed by atoms with E-state index in [1.54, 1.807) is 4.90 Å². The Kier molecular flexibility index (Phi) is 5.02. The van der Waals surface area contributed by atoms with Crippen LogP contribution in [-0.2, 0) is 11.4 Å². The lowest BCUT2D eigenvalue weighted by molar-refractivity contribution is -0.125. The molecule has 1 atom stereocenters. The zero-order valence-electron chi connectivity index (χ0n) is 15.8. The van der Waals surface area contributed by atoms with Crippen molar-refractivity contribution < 1.29 is 14.3 Å². The van der Waals surface area contributed by atoms with Gasteiger partial charge in [0.05, 0.1) is 23.9 Å². The van der Waals surface area contributed by atoms with Crippen LogP contribution >= 0.6 is 0 Å². The number of carbonyl (C=O) groups is 2. The summed E-state index contributed by atoms with van der Waals surface area (Å²) < 4.78 is 5.83. The van der Waals surface area contributed by atoms with Gasteiger partial charge in [-0.25, -0.2) is 4.79 Å². The number of benzene rings is 2. The molecule has 0 aliphatic carbocycles. The van der Waals surface area contributed by atoms with E-state index >= 15 is 0 Å². The molecule has 0 unspecified atom stereocenters. The fourth-order valence-corrected chi connectivity index (χ4v) is 3.63. The number of carbonyl (C=O) groups excluding carboxylic acids is 2. The minimum absolute atomic E-state index is 0.0150. The van der Waals surface area contributed by atoms with Gasteiger partial charge in [-0.05, 0) is 29.7 Å². The van der Waals surface area contributed by atoms with E-state index in [0.29, 0.717) is 31.0 Å². The number of nitrogens with zero attached hydrogens (tertiary/aromatic N) is 1. The molecule has 0 radical (unpaired) electrons. The van der Waals surface area contributed by atoms with Crippen LogP contribution in [0.4, 0.5) is 4.79 Å². The Morgan fingerprint density at radius 3 is 2.54 bits per heavy atom. The van der Waals surface area contributed by atoms with Crippen molar-refractivity contribution in [2.24, 2.45) is 0 Å². The van der Waals surface area contributed by atoms with Crippen molar-refractivity contribution in [3.63, 3.8) is 0 Å². The molecule has 2 N–H and O–H groups in total. The van der Waals surface area contributed by atoms with Crippen molar-refractivity contribution in [1.82, 2.24) is 15.5 Å². The molecule has 0 spiro atoms. The molecule has 2 aliphatic heterocycles. The summed E-state index contributed by atoms with van der Waals surface area (Å²) in [5.41, 5.74) is 3.29. The van der Waals surface area contributed by atoms with E-state index < -0.39 is 6.04 Å². The van der Waals surface area contributed by atoms with Crippen LogP contribution in [0.25, 0.3) is 0 Å². The molecule has 4 rings (SSSR count). The van der Waals surface area contributed by atoms with Crippen LogP contribution in [0.3, 0.4) is 0 Å². The molecule has 3 amide bonds. The summed E-state index contributed by atoms with van der Waals surface area (Å²) in [5, 5.41) is 5.67. The zero-order valence-corrected chi connectivity index (χ0v) is 15.8. The van der Waals surface area contributed by atoms with Gasteiger partial charge in [0.15, 0.2) is 0 Å². The van der Waals surface area contributed by atoms with Gasteiger partial charge in [0, 0.05) is 6.54 Å². The van der Waals surface area contributed by atoms with Gasteiger partial charge in [0.2, 0.25) is 0 Å². The minimum Gasteiger partial charge on any atom is -0.489 e. The largest absolute Gasteiger partial charge is 0.489 e. The molecule has 144 valence electrons. The Balaban J connectivity index is 1.50. The van der Waals surface area contributed by atoms with E-state index in [9.17, 15) is 9.59 Å². The maximum absolute atomic E-state index is 12.8. The summed E-state index contributed by atoms with van der Waals surface area (Å²) in [6.45, 7) is 3.67. The number of rotatable bonds is 6. The molecule has 0 fully saturated rings. The number of nitrogens with one attached hydrogen (secondary N) is 2. The predicted octanol–water partition coefficient (Wildman–Crippen LogP) is 3.13. The van der Waals surface area contributed by atoms with Crippen molar-refractivity contribution in [3.8, 4) is 5.75 Å². The summed E-state index contributed by atoms with van der Waals surface area (Å²) in [6, 6.07) is 16.8. The third-order valence-corrected chi connectivity index (χ3v) is 4.98. The third kappa shape index (κ3) is 3.58. The Bertz CT molecular complexity index is 906. The van der Waals surface area contributed by atoms with E-state index in [1.807, 2.05) is 61.5 Å². The average molecular weight is 377 g/mol. The van der Waals surface area contributed by atoms with Crippen LogP contribution in [0, 0.1) is 0 Å². The highest BCUT2D eigenvalue weighted by Gasteiger charge is 2.39. The smallest absolute Gasteiger partial charge is 0.319 e. The van der Waals surface area contributed by atoms with E-state index in [4.69, 9.17) is 4.74 Å². The van der Waals surface area contributed by atoms with E-state index in [2.05, 4.69) is 10.6 Å². The van der Waals surface area contributed by atoms with Crippen LogP contribution in [0.1, 0.15) is 30.5 Å². The highest BCUT2D eigenvalue weighted by molar-refractivity contribution is 6.01. The Morgan fingerprint density at radius 2 is 1.82 bits per heavy atom. The molecule has 2 aliphatic rings. The summed E-state index contributed by atoms with van der Waals surface area (Å²) in [5.74, 6) is 0.728. The van der Waals surface area contributed by atoms with Crippen LogP contribution in [0.2, 0.25) is 0 Å². The lowest BCUT2D eigenvalue weighted by atomic mass is 9.96. The summed E-state index contributed by atoms with van der Waals surface area (Å²) in [7, 11) is 0. The van der Waals surface area contributed by atoms with Crippen molar-refractivity contribution in [1.29, 1.82) is 0 Å². The van der Waals surface area contributed by atoms with Crippen LogP contribution < -0.4 is 15.4 Å². The van der Waals surface area contributed by atoms with Gasteiger partial charge in [-0.2, -0.15) is 0 Å². The van der Waals surface area contributed by atoms with Gasteiger partial charge in [0.25, 0.3) is 5.91 Å². The van der Waals surface area contributed by atoms with Crippen molar-refractivity contribution in [2.75, 3.05) is 13.1 Å². The minimum atomic E-state index is -0.443. The van der Waals surface area contributed by atoms with Gasteiger partial charge in [0.1, 0.15) is 12.4 Å². The van der Waals surface area contributed by atoms with Gasteiger partial charge >= 0.3 is 6.03 Å². The fraction of sp³-hybridized carbons (Fsp3) is 0.273. The quantitative estimate of drug-likeness (QED) is 0.813. The first-order valence-corrected chi connectivity index (χ1v) is 9.52. The molecule has 2 aromatic rings. The topological polar surface area (TPSA) is 70.7 Å². The molecular formula is C22H23N3O3. The van der Waals surface area contributed by atoms with Gasteiger partial charge in [-0.15, -0.1) is 0 Å². The summed E-state index contributed by atoms with van der Waals surface area (Å²) >= 11 is 0. The Labute approximate surface area is 164 Å². The third-order valence-electron chi connectivity index (χ3n) is 4.98. The van der Waals surface area contributed by atoms with Gasteiger partial charge in [-0.1, -0.05) is 49.4 Å². The maximum atomic E-state index is 12.8. The van der Waals surface area contributed by atoms with E-state index in [-0.39, 0.29) is 11.9 Å². The van der Waals surface area contributed by atoms with Gasteiger partial charge in [-0.3, -0.25) is 4.79 Å². The Morgan fingerprint density at radius 1 is 1.07 bits per heavy atom. The average Bonchev–Trinajstić information content (AvgIpc) is 3.02. The van der Waals surface area contributed by atoms with Crippen molar-refractivity contribution in [2.45, 2.75) is 26.0 Å². The highest BCUT2D eigenvalue weighted by Crippen LogP contribution is 2.33. The second kappa shape index (κ2) is 7.76. The monoisotopic (exact) mass is 377 g/mol. The SMILES string of the molecule is CCCN1CC2=C(C1=O)[C@@H](c1ccc(OCc3ccccc3)cc1)NC(=O)N2. The normalized spacial score (nSPS) is 18.6. The molecule has 0 saturated heterocycles. The van der Waals surface area contributed by atoms with Gasteiger partial charge < -0.3 is 20.3 Å². The Hall–Kier alpha value is -3.28. The molecule has 6 nitrogen and oxygen atoms in total. The summed E-state index contributed by atoms with van der Waals surface area (Å²) in [6.07, 6.45) is 0.881. The second-order valence-electron chi connectivity index (χ2n) is 6.99. The molecule has 0 aromatic heterocycles. The summed E-state index contributed by atoms with van der Waals surface area (Å²) in [4.78, 5) is 26.7. The van der Waals surface area contributed by atoms with Crippen LogP contribution in [0.5, 0.6) is 5.75 Å². The molecule has 6 heteroatoms. The molecule has 2 heterocycles. The fourth-order valence-electron chi connectivity index (χ4n) is 3.63. The molecule has 0 bridgehead atoms.